The first-order valence-electron chi connectivity index (χ1n) is 6.35. The average Bonchev–Trinajstić information content (AvgIpc) is 2.10. The normalized spacial score (nSPS) is 11.0. The van der Waals surface area contributed by atoms with Gasteiger partial charge in [-0.3, -0.25) is 4.79 Å². The molecule has 0 saturated heterocycles. The molecule has 1 aromatic rings. The van der Waals surface area contributed by atoms with Gasteiger partial charge in [0.15, 0.2) is 5.11 Å². The van der Waals surface area contributed by atoms with Crippen molar-refractivity contribution in [2.75, 3.05) is 5.32 Å². The standard InChI is InChI=1S/C15H22N2OS/c1-10-6-11(2)8-12(7-10)16-14(19)17-13(18)9-15(3,4)5/h6-8H,9H2,1-5H3,(H2,16,17,18,19). The van der Waals surface area contributed by atoms with E-state index in [1.165, 1.54) is 0 Å². The number of carbonyl (C=O) groups is 1. The Morgan fingerprint density at radius 3 is 2.16 bits per heavy atom. The van der Waals surface area contributed by atoms with E-state index in [4.69, 9.17) is 12.2 Å². The molecule has 0 aliphatic carbocycles. The summed E-state index contributed by atoms with van der Waals surface area (Å²) in [4.78, 5) is 11.8. The van der Waals surface area contributed by atoms with Crippen LogP contribution in [-0.4, -0.2) is 11.0 Å². The molecule has 0 fully saturated rings. The second kappa shape index (κ2) is 6.15. The van der Waals surface area contributed by atoms with Gasteiger partial charge in [-0.05, 0) is 54.7 Å². The topological polar surface area (TPSA) is 41.1 Å². The molecule has 1 rings (SSSR count). The molecule has 0 unspecified atom stereocenters. The van der Waals surface area contributed by atoms with Gasteiger partial charge in [0.2, 0.25) is 5.91 Å². The van der Waals surface area contributed by atoms with E-state index in [1.807, 2.05) is 46.8 Å². The minimum atomic E-state index is -0.0608. The van der Waals surface area contributed by atoms with Gasteiger partial charge in [0.05, 0.1) is 0 Å². The number of thiocarbonyl (C=S) groups is 1. The Morgan fingerprint density at radius 1 is 1.16 bits per heavy atom. The zero-order chi connectivity index (χ0) is 14.6. The molecule has 19 heavy (non-hydrogen) atoms. The summed E-state index contributed by atoms with van der Waals surface area (Å²) in [7, 11) is 0. The van der Waals surface area contributed by atoms with Gasteiger partial charge < -0.3 is 10.6 Å². The van der Waals surface area contributed by atoms with Crippen molar-refractivity contribution in [1.82, 2.24) is 5.32 Å². The largest absolute Gasteiger partial charge is 0.332 e. The number of aryl methyl sites for hydroxylation is 2. The third-order valence-corrected chi connectivity index (χ3v) is 2.63. The summed E-state index contributed by atoms with van der Waals surface area (Å²) in [5.74, 6) is -0.0608. The molecule has 0 bridgehead atoms. The van der Waals surface area contributed by atoms with Crippen LogP contribution in [0.2, 0.25) is 0 Å². The zero-order valence-electron chi connectivity index (χ0n) is 12.3. The van der Waals surface area contributed by atoms with Gasteiger partial charge in [0.1, 0.15) is 0 Å². The van der Waals surface area contributed by atoms with Gasteiger partial charge in [-0.25, -0.2) is 0 Å². The maximum Gasteiger partial charge on any atom is 0.226 e. The molecule has 0 spiro atoms. The number of hydrogen-bond donors (Lipinski definition) is 2. The average molecular weight is 278 g/mol. The van der Waals surface area contributed by atoms with E-state index in [9.17, 15) is 4.79 Å². The quantitative estimate of drug-likeness (QED) is 0.813. The molecule has 0 aliphatic heterocycles. The summed E-state index contributed by atoms with van der Waals surface area (Å²) in [6, 6.07) is 6.08. The fourth-order valence-corrected chi connectivity index (χ4v) is 2.09. The van der Waals surface area contributed by atoms with Gasteiger partial charge in [-0.1, -0.05) is 26.8 Å². The lowest BCUT2D eigenvalue weighted by molar-refractivity contribution is -0.121. The van der Waals surface area contributed by atoms with Crippen LogP contribution in [-0.2, 0) is 4.79 Å². The molecule has 0 aliphatic rings. The number of hydrogen-bond acceptors (Lipinski definition) is 2. The molecule has 1 amide bonds. The Hall–Kier alpha value is -1.42. The highest BCUT2D eigenvalue weighted by Crippen LogP contribution is 2.18. The van der Waals surface area contributed by atoms with E-state index < -0.39 is 0 Å². The smallest absolute Gasteiger partial charge is 0.226 e. The highest BCUT2D eigenvalue weighted by molar-refractivity contribution is 7.80. The van der Waals surface area contributed by atoms with Crippen molar-refractivity contribution in [3.05, 3.63) is 29.3 Å². The fourth-order valence-electron chi connectivity index (χ4n) is 1.86. The number of rotatable bonds is 2. The molecule has 4 heteroatoms. The van der Waals surface area contributed by atoms with Crippen molar-refractivity contribution in [2.45, 2.75) is 41.0 Å². The SMILES string of the molecule is Cc1cc(C)cc(NC(=S)NC(=O)CC(C)(C)C)c1. The van der Waals surface area contributed by atoms with Crippen LogP contribution in [0.5, 0.6) is 0 Å². The molecule has 0 heterocycles. The predicted octanol–water partition coefficient (Wildman–Crippen LogP) is 3.55. The number of nitrogens with one attached hydrogen (secondary N) is 2. The highest BCUT2D eigenvalue weighted by Gasteiger charge is 2.16. The lowest BCUT2D eigenvalue weighted by Gasteiger charge is -2.18. The molecule has 0 saturated carbocycles. The molecule has 2 N–H and O–H groups in total. The van der Waals surface area contributed by atoms with Crippen LogP contribution in [0.1, 0.15) is 38.3 Å². The minimum absolute atomic E-state index is 0.0420. The van der Waals surface area contributed by atoms with E-state index in [1.54, 1.807) is 0 Å². The van der Waals surface area contributed by atoms with E-state index >= 15 is 0 Å². The van der Waals surface area contributed by atoms with Gasteiger partial charge >= 0.3 is 0 Å². The number of amides is 1. The Morgan fingerprint density at radius 2 is 1.68 bits per heavy atom. The third kappa shape index (κ3) is 6.34. The van der Waals surface area contributed by atoms with Gasteiger partial charge in [0, 0.05) is 12.1 Å². The summed E-state index contributed by atoms with van der Waals surface area (Å²) < 4.78 is 0. The molecule has 1 aromatic carbocycles. The first-order valence-corrected chi connectivity index (χ1v) is 6.76. The molecule has 0 atom stereocenters. The molecule has 0 radical (unpaired) electrons. The van der Waals surface area contributed by atoms with Crippen LogP contribution < -0.4 is 10.6 Å². The van der Waals surface area contributed by atoms with E-state index in [0.717, 1.165) is 16.8 Å². The van der Waals surface area contributed by atoms with Crippen molar-refractivity contribution < 1.29 is 4.79 Å². The van der Waals surface area contributed by atoms with Crippen LogP contribution >= 0.6 is 12.2 Å². The molecule has 3 nitrogen and oxygen atoms in total. The lowest BCUT2D eigenvalue weighted by atomic mass is 9.92. The predicted molar refractivity (Wildman–Crippen MR) is 84.4 cm³/mol. The Labute approximate surface area is 120 Å². The molecule has 104 valence electrons. The maximum atomic E-state index is 11.8. The first-order chi connectivity index (χ1) is 8.65. The molecular weight excluding hydrogens is 256 g/mol. The summed E-state index contributed by atoms with van der Waals surface area (Å²) >= 11 is 5.14. The molecule has 0 aromatic heterocycles. The van der Waals surface area contributed by atoms with Crippen LogP contribution in [0.4, 0.5) is 5.69 Å². The second-order valence-electron chi connectivity index (χ2n) is 6.12. The van der Waals surface area contributed by atoms with E-state index in [2.05, 4.69) is 16.7 Å². The van der Waals surface area contributed by atoms with Crippen molar-refractivity contribution >= 4 is 28.9 Å². The number of anilines is 1. The third-order valence-electron chi connectivity index (χ3n) is 2.42. The summed E-state index contributed by atoms with van der Waals surface area (Å²) in [5, 5.41) is 6.09. The fraction of sp³-hybridized carbons (Fsp3) is 0.467. The Kier molecular flexibility index (Phi) is 5.06. The van der Waals surface area contributed by atoms with Crippen LogP contribution in [0.3, 0.4) is 0 Å². The van der Waals surface area contributed by atoms with E-state index in [-0.39, 0.29) is 11.3 Å². The highest BCUT2D eigenvalue weighted by atomic mass is 32.1. The Balaban J connectivity index is 2.58. The summed E-state index contributed by atoms with van der Waals surface area (Å²) in [5.41, 5.74) is 3.18. The monoisotopic (exact) mass is 278 g/mol. The van der Waals surface area contributed by atoms with Crippen molar-refractivity contribution in [3.63, 3.8) is 0 Å². The lowest BCUT2D eigenvalue weighted by Crippen LogP contribution is -2.36. The van der Waals surface area contributed by atoms with Gasteiger partial charge in [0.25, 0.3) is 0 Å². The first kappa shape index (κ1) is 15.6. The maximum absolute atomic E-state index is 11.8. The van der Waals surface area contributed by atoms with Crippen LogP contribution in [0.25, 0.3) is 0 Å². The Bertz CT molecular complexity index is 469. The van der Waals surface area contributed by atoms with Crippen LogP contribution in [0.15, 0.2) is 18.2 Å². The van der Waals surface area contributed by atoms with Crippen LogP contribution in [0, 0.1) is 19.3 Å². The summed E-state index contributed by atoms with van der Waals surface area (Å²) in [6.07, 6.45) is 0.446. The number of carbonyl (C=O) groups excluding carboxylic acids is 1. The van der Waals surface area contributed by atoms with Gasteiger partial charge in [-0.15, -0.1) is 0 Å². The minimum Gasteiger partial charge on any atom is -0.332 e. The van der Waals surface area contributed by atoms with Crippen molar-refractivity contribution in [3.8, 4) is 0 Å². The van der Waals surface area contributed by atoms with Crippen molar-refractivity contribution in [1.29, 1.82) is 0 Å². The second-order valence-corrected chi connectivity index (χ2v) is 6.52. The number of benzene rings is 1. The zero-order valence-corrected chi connectivity index (χ0v) is 13.1. The summed E-state index contributed by atoms with van der Waals surface area (Å²) in [6.45, 7) is 10.1. The van der Waals surface area contributed by atoms with E-state index in [0.29, 0.717) is 11.5 Å². The van der Waals surface area contributed by atoms with Crippen molar-refractivity contribution in [2.24, 2.45) is 5.41 Å². The molecular formula is C15H22N2OS. The van der Waals surface area contributed by atoms with Gasteiger partial charge in [-0.2, -0.15) is 0 Å².